The molecule has 2 rings (SSSR count). The van der Waals surface area contributed by atoms with Crippen LogP contribution in [0.25, 0.3) is 0 Å². The average Bonchev–Trinajstić information content (AvgIpc) is 1.86. The van der Waals surface area contributed by atoms with Gasteiger partial charge in [0.1, 0.15) is 6.20 Å². The van der Waals surface area contributed by atoms with E-state index in [0.717, 1.165) is 5.69 Å². The molecule has 0 amide bonds. The Morgan fingerprint density at radius 1 is 1.50 bits per heavy atom. The molecule has 0 saturated heterocycles. The van der Waals surface area contributed by atoms with Crippen molar-refractivity contribution in [1.82, 2.24) is 9.97 Å². The third kappa shape index (κ3) is 0.897. The normalized spacial score (nSPS) is 18.4. The summed E-state index contributed by atoms with van der Waals surface area (Å²) in [6, 6.07) is 0. The van der Waals surface area contributed by atoms with Crippen molar-refractivity contribution in [1.29, 1.82) is 0 Å². The van der Waals surface area contributed by atoms with Gasteiger partial charge < -0.3 is 0 Å². The summed E-state index contributed by atoms with van der Waals surface area (Å²) >= 11 is 0. The monoisotopic (exact) mass is 133 g/mol. The lowest BCUT2D eigenvalue weighted by Crippen LogP contribution is -2.10. The van der Waals surface area contributed by atoms with E-state index in [4.69, 9.17) is 0 Å². The minimum atomic E-state index is 0.696. The molecule has 1 radical (unpaired) electrons. The van der Waals surface area contributed by atoms with Gasteiger partial charge in [0.2, 0.25) is 0 Å². The standard InChI is InChI=1S/C8H9N2/c1-2-7(3-1)8-6-9-4-5-10-8/h5-7H,1-3H2. The van der Waals surface area contributed by atoms with Crippen LogP contribution in [0.1, 0.15) is 30.9 Å². The van der Waals surface area contributed by atoms with Crippen LogP contribution in [0.5, 0.6) is 0 Å². The minimum absolute atomic E-state index is 0.696. The zero-order valence-corrected chi connectivity index (χ0v) is 5.75. The van der Waals surface area contributed by atoms with E-state index in [0.29, 0.717) is 5.92 Å². The fraction of sp³-hybridized carbons (Fsp3) is 0.500. The van der Waals surface area contributed by atoms with E-state index in [2.05, 4.69) is 16.2 Å². The van der Waals surface area contributed by atoms with Crippen LogP contribution in [0.4, 0.5) is 0 Å². The molecule has 1 aliphatic carbocycles. The van der Waals surface area contributed by atoms with Crippen molar-refractivity contribution in [3.63, 3.8) is 0 Å². The molecule has 0 bridgehead atoms. The first-order valence-corrected chi connectivity index (χ1v) is 3.65. The van der Waals surface area contributed by atoms with Crippen LogP contribution in [0.2, 0.25) is 0 Å². The van der Waals surface area contributed by atoms with Gasteiger partial charge in [-0.15, -0.1) is 0 Å². The minimum Gasteiger partial charge on any atom is -0.257 e. The third-order valence-corrected chi connectivity index (χ3v) is 2.07. The first-order valence-electron chi connectivity index (χ1n) is 3.65. The topological polar surface area (TPSA) is 25.8 Å². The maximum absolute atomic E-state index is 4.18. The molecular weight excluding hydrogens is 124 g/mol. The number of hydrogen-bond acceptors (Lipinski definition) is 2. The zero-order valence-electron chi connectivity index (χ0n) is 5.75. The fourth-order valence-corrected chi connectivity index (χ4v) is 1.19. The Hall–Kier alpha value is -0.920. The molecule has 1 aromatic rings. The van der Waals surface area contributed by atoms with Crippen molar-refractivity contribution in [2.75, 3.05) is 0 Å². The number of rotatable bonds is 1. The summed E-state index contributed by atoms with van der Waals surface area (Å²) in [5.74, 6) is 0.696. The van der Waals surface area contributed by atoms with E-state index in [9.17, 15) is 0 Å². The van der Waals surface area contributed by atoms with Crippen molar-refractivity contribution in [2.24, 2.45) is 0 Å². The van der Waals surface area contributed by atoms with Gasteiger partial charge in [-0.05, 0) is 12.8 Å². The number of hydrogen-bond donors (Lipinski definition) is 0. The van der Waals surface area contributed by atoms with Crippen molar-refractivity contribution in [3.05, 3.63) is 24.3 Å². The van der Waals surface area contributed by atoms with E-state index in [1.807, 2.05) is 6.20 Å². The van der Waals surface area contributed by atoms with Crippen molar-refractivity contribution in [3.8, 4) is 0 Å². The maximum Gasteiger partial charge on any atom is 0.108 e. The van der Waals surface area contributed by atoms with Crippen molar-refractivity contribution < 1.29 is 0 Å². The van der Waals surface area contributed by atoms with Gasteiger partial charge in [-0.25, -0.2) is 0 Å². The fourth-order valence-electron chi connectivity index (χ4n) is 1.19. The molecule has 51 valence electrons. The quantitative estimate of drug-likeness (QED) is 0.580. The lowest BCUT2D eigenvalue weighted by atomic mass is 9.83. The van der Waals surface area contributed by atoms with Crippen LogP contribution in [0, 0.1) is 6.20 Å². The summed E-state index contributed by atoms with van der Waals surface area (Å²) < 4.78 is 0. The maximum atomic E-state index is 4.18. The van der Waals surface area contributed by atoms with Gasteiger partial charge in [0.05, 0.1) is 11.9 Å². The van der Waals surface area contributed by atoms with Crippen LogP contribution in [0.15, 0.2) is 12.4 Å². The van der Waals surface area contributed by atoms with Gasteiger partial charge in [-0.2, -0.15) is 0 Å². The summed E-state index contributed by atoms with van der Waals surface area (Å²) in [7, 11) is 0. The van der Waals surface area contributed by atoms with E-state index in [1.165, 1.54) is 19.3 Å². The highest BCUT2D eigenvalue weighted by molar-refractivity contribution is 5.05. The second-order valence-electron chi connectivity index (χ2n) is 2.70. The van der Waals surface area contributed by atoms with Crippen LogP contribution >= 0.6 is 0 Å². The molecule has 1 aliphatic rings. The van der Waals surface area contributed by atoms with Crippen LogP contribution in [-0.4, -0.2) is 9.97 Å². The van der Waals surface area contributed by atoms with E-state index in [1.54, 1.807) is 6.20 Å². The molecule has 1 heterocycles. The molecule has 1 aromatic heterocycles. The van der Waals surface area contributed by atoms with Gasteiger partial charge in [0.25, 0.3) is 0 Å². The predicted molar refractivity (Wildman–Crippen MR) is 37.5 cm³/mol. The van der Waals surface area contributed by atoms with Gasteiger partial charge >= 0.3 is 0 Å². The molecule has 0 atom stereocenters. The molecule has 0 spiro atoms. The number of aromatic nitrogens is 2. The zero-order chi connectivity index (χ0) is 6.81. The first kappa shape index (κ1) is 5.83. The molecule has 0 N–H and O–H groups in total. The Bertz CT molecular complexity index is 204. The Morgan fingerprint density at radius 3 is 2.90 bits per heavy atom. The summed E-state index contributed by atoms with van der Waals surface area (Å²) in [5.41, 5.74) is 1.14. The Kier molecular flexibility index (Phi) is 1.38. The van der Waals surface area contributed by atoms with Gasteiger partial charge in [-0.1, -0.05) is 6.42 Å². The molecule has 10 heavy (non-hydrogen) atoms. The highest BCUT2D eigenvalue weighted by Gasteiger charge is 2.20. The summed E-state index contributed by atoms with van der Waals surface area (Å²) in [5, 5.41) is 0. The SMILES string of the molecule is [c]1cnc(C2CCC2)cn1. The van der Waals surface area contributed by atoms with Crippen LogP contribution < -0.4 is 0 Å². The summed E-state index contributed by atoms with van der Waals surface area (Å²) in [6.07, 6.45) is 10.1. The first-order chi connectivity index (χ1) is 4.97. The van der Waals surface area contributed by atoms with E-state index >= 15 is 0 Å². The predicted octanol–water partition coefficient (Wildman–Crippen LogP) is 1.54. The van der Waals surface area contributed by atoms with Crippen molar-refractivity contribution >= 4 is 0 Å². The third-order valence-electron chi connectivity index (χ3n) is 2.07. The van der Waals surface area contributed by atoms with Gasteiger partial charge in [0.15, 0.2) is 0 Å². The number of nitrogens with zero attached hydrogens (tertiary/aromatic N) is 2. The second kappa shape index (κ2) is 2.37. The Labute approximate surface area is 60.3 Å². The van der Waals surface area contributed by atoms with Crippen LogP contribution in [-0.2, 0) is 0 Å². The lowest BCUT2D eigenvalue weighted by molar-refractivity contribution is 0.410. The smallest absolute Gasteiger partial charge is 0.108 e. The molecule has 0 aromatic carbocycles. The van der Waals surface area contributed by atoms with E-state index < -0.39 is 0 Å². The molecule has 0 aliphatic heterocycles. The Morgan fingerprint density at radius 2 is 2.40 bits per heavy atom. The molecule has 2 nitrogen and oxygen atoms in total. The highest BCUT2D eigenvalue weighted by atomic mass is 14.8. The largest absolute Gasteiger partial charge is 0.257 e. The second-order valence-corrected chi connectivity index (χ2v) is 2.70. The molecular formula is C8H9N2. The van der Waals surface area contributed by atoms with Crippen LogP contribution in [0.3, 0.4) is 0 Å². The van der Waals surface area contributed by atoms with Gasteiger partial charge in [0, 0.05) is 12.1 Å². The average molecular weight is 133 g/mol. The summed E-state index contributed by atoms with van der Waals surface area (Å²) in [6.45, 7) is 0. The van der Waals surface area contributed by atoms with Gasteiger partial charge in [-0.3, -0.25) is 9.97 Å². The molecule has 2 heteroatoms. The highest BCUT2D eigenvalue weighted by Crippen LogP contribution is 2.34. The molecule has 0 unspecified atom stereocenters. The van der Waals surface area contributed by atoms with E-state index in [-0.39, 0.29) is 0 Å². The Balaban J connectivity index is 2.18. The molecule has 1 fully saturated rings. The molecule has 1 saturated carbocycles. The van der Waals surface area contributed by atoms with Crippen molar-refractivity contribution in [2.45, 2.75) is 25.2 Å². The summed E-state index contributed by atoms with van der Waals surface area (Å²) in [4.78, 5) is 8.08. The lowest BCUT2D eigenvalue weighted by Gasteiger charge is -2.23.